The topological polar surface area (TPSA) is 156 Å². The maximum Gasteiger partial charge on any atom is 0.408 e. The van der Waals surface area contributed by atoms with E-state index in [2.05, 4.69) is 5.32 Å². The van der Waals surface area contributed by atoms with Crippen molar-refractivity contribution in [1.29, 1.82) is 0 Å². The van der Waals surface area contributed by atoms with Gasteiger partial charge in [0.15, 0.2) is 0 Å². The van der Waals surface area contributed by atoms with Crippen LogP contribution in [-0.2, 0) is 17.6 Å². The second kappa shape index (κ2) is 12.3. The number of amides is 2. The number of carbonyl (C=O) groups excluding carboxylic acids is 1. The minimum absolute atomic E-state index is 0.00295. The predicted octanol–water partition coefficient (Wildman–Crippen LogP) is 1.74. The standard InChI is InChI=1S/C27H39N3O6/c1-18(31)27(28,16-20-13-9-6-10-14-20)30(25(35)36)17-22(32)21(15-19-11-7-5-8-12-19)29-24(34)23(33)26(2,3)4/h5-14,18,21-23,31-33H,15-17,28H2,1-4H3,(H,29,34)(H,35,36). The number of nitrogens with two attached hydrogens (primary N) is 1. The van der Waals surface area contributed by atoms with E-state index in [-0.39, 0.29) is 12.8 Å². The number of aliphatic hydroxyl groups is 3. The number of hydrogen-bond acceptors (Lipinski definition) is 6. The minimum atomic E-state index is -1.75. The van der Waals surface area contributed by atoms with Gasteiger partial charge >= 0.3 is 6.09 Å². The van der Waals surface area contributed by atoms with Gasteiger partial charge in [0.1, 0.15) is 11.8 Å². The SMILES string of the molecule is CC(O)C(N)(Cc1ccccc1)N(CC(O)C(Cc1ccccc1)NC(=O)C(O)C(C)(C)C)C(=O)O. The normalized spacial score (nSPS) is 16.8. The highest BCUT2D eigenvalue weighted by atomic mass is 16.4. The number of hydrogen-bond donors (Lipinski definition) is 6. The van der Waals surface area contributed by atoms with Gasteiger partial charge in [-0.2, -0.15) is 0 Å². The zero-order valence-electron chi connectivity index (χ0n) is 21.3. The van der Waals surface area contributed by atoms with E-state index < -0.39 is 54.0 Å². The Bertz CT molecular complexity index is 980. The molecule has 5 unspecified atom stereocenters. The molecule has 2 amide bonds. The maximum absolute atomic E-state index is 12.8. The van der Waals surface area contributed by atoms with Gasteiger partial charge in [-0.3, -0.25) is 9.69 Å². The molecule has 36 heavy (non-hydrogen) atoms. The Morgan fingerprint density at radius 3 is 1.89 bits per heavy atom. The van der Waals surface area contributed by atoms with Crippen molar-refractivity contribution in [3.8, 4) is 0 Å². The van der Waals surface area contributed by atoms with E-state index in [0.29, 0.717) is 5.56 Å². The first kappa shape index (κ1) is 29.3. The van der Waals surface area contributed by atoms with Crippen LogP contribution in [0.25, 0.3) is 0 Å². The van der Waals surface area contributed by atoms with Gasteiger partial charge in [-0.25, -0.2) is 4.79 Å². The fourth-order valence-electron chi connectivity index (χ4n) is 3.94. The zero-order valence-corrected chi connectivity index (χ0v) is 21.3. The average Bonchev–Trinajstić information content (AvgIpc) is 2.81. The van der Waals surface area contributed by atoms with Gasteiger partial charge in [0.25, 0.3) is 0 Å². The van der Waals surface area contributed by atoms with E-state index in [0.717, 1.165) is 10.5 Å². The van der Waals surface area contributed by atoms with Gasteiger partial charge in [-0.05, 0) is 29.9 Å². The first-order valence-corrected chi connectivity index (χ1v) is 12.0. The van der Waals surface area contributed by atoms with Crippen LogP contribution in [0, 0.1) is 5.41 Å². The summed E-state index contributed by atoms with van der Waals surface area (Å²) in [5.41, 5.74) is 5.50. The molecule has 5 atom stereocenters. The molecule has 0 aromatic heterocycles. The van der Waals surface area contributed by atoms with Crippen molar-refractivity contribution < 1.29 is 30.0 Å². The molecule has 0 radical (unpaired) electrons. The molecule has 0 aliphatic carbocycles. The molecule has 0 fully saturated rings. The third-order valence-corrected chi connectivity index (χ3v) is 6.32. The molecule has 9 heteroatoms. The first-order chi connectivity index (χ1) is 16.8. The summed E-state index contributed by atoms with van der Waals surface area (Å²) in [6, 6.07) is 17.1. The van der Waals surface area contributed by atoms with Gasteiger partial charge in [0.2, 0.25) is 5.91 Å². The number of rotatable bonds is 11. The van der Waals surface area contributed by atoms with Crippen molar-refractivity contribution >= 4 is 12.0 Å². The number of carbonyl (C=O) groups is 2. The van der Waals surface area contributed by atoms with Crippen LogP contribution < -0.4 is 11.1 Å². The maximum atomic E-state index is 12.8. The summed E-state index contributed by atoms with van der Waals surface area (Å²) < 4.78 is 0. The molecule has 0 spiro atoms. The summed E-state index contributed by atoms with van der Waals surface area (Å²) in [5, 5.41) is 44.9. The van der Waals surface area contributed by atoms with Crippen molar-refractivity contribution in [1.82, 2.24) is 10.2 Å². The average molecular weight is 502 g/mol. The second-order valence-electron chi connectivity index (χ2n) is 10.4. The van der Waals surface area contributed by atoms with Crippen LogP contribution in [0.1, 0.15) is 38.8 Å². The summed E-state index contributed by atoms with van der Waals surface area (Å²) >= 11 is 0. The largest absolute Gasteiger partial charge is 0.465 e. The fraction of sp³-hybridized carbons (Fsp3) is 0.481. The van der Waals surface area contributed by atoms with Crippen molar-refractivity contribution in [3.63, 3.8) is 0 Å². The second-order valence-corrected chi connectivity index (χ2v) is 10.4. The van der Waals surface area contributed by atoms with Gasteiger partial charge in [-0.1, -0.05) is 81.4 Å². The number of nitrogens with one attached hydrogen (secondary N) is 1. The molecule has 0 saturated heterocycles. The smallest absolute Gasteiger partial charge is 0.408 e. The molecule has 0 aliphatic rings. The van der Waals surface area contributed by atoms with Crippen LogP contribution in [0.4, 0.5) is 4.79 Å². The highest BCUT2D eigenvalue weighted by Crippen LogP contribution is 2.23. The molecule has 0 heterocycles. The molecular weight excluding hydrogens is 462 g/mol. The lowest BCUT2D eigenvalue weighted by Crippen LogP contribution is -2.68. The van der Waals surface area contributed by atoms with Crippen LogP contribution in [0.2, 0.25) is 0 Å². The van der Waals surface area contributed by atoms with Crippen LogP contribution in [0.3, 0.4) is 0 Å². The van der Waals surface area contributed by atoms with E-state index in [1.165, 1.54) is 6.92 Å². The Hall–Kier alpha value is -2.98. The number of nitrogens with zero attached hydrogens (tertiary/aromatic N) is 1. The molecule has 9 nitrogen and oxygen atoms in total. The van der Waals surface area contributed by atoms with E-state index in [9.17, 15) is 30.0 Å². The van der Waals surface area contributed by atoms with Crippen LogP contribution in [-0.4, -0.2) is 73.9 Å². The quantitative estimate of drug-likeness (QED) is 0.256. The lowest BCUT2D eigenvalue weighted by Gasteiger charge is -2.43. The van der Waals surface area contributed by atoms with Crippen molar-refractivity contribution in [3.05, 3.63) is 71.8 Å². The van der Waals surface area contributed by atoms with Crippen LogP contribution in [0.15, 0.2) is 60.7 Å². The first-order valence-electron chi connectivity index (χ1n) is 12.0. The molecule has 198 valence electrons. The summed E-state index contributed by atoms with van der Waals surface area (Å²) in [7, 11) is 0. The Morgan fingerprint density at radius 1 is 0.944 bits per heavy atom. The zero-order chi connectivity index (χ0) is 27.1. The number of aliphatic hydroxyl groups excluding tert-OH is 3. The van der Waals surface area contributed by atoms with Gasteiger partial charge in [0.05, 0.1) is 24.8 Å². The summed E-state index contributed by atoms with van der Waals surface area (Å²) in [4.78, 5) is 25.9. The summed E-state index contributed by atoms with van der Waals surface area (Å²) in [6.07, 6.45) is -5.25. The molecule has 0 bridgehead atoms. The third kappa shape index (κ3) is 7.76. The Morgan fingerprint density at radius 2 is 1.44 bits per heavy atom. The third-order valence-electron chi connectivity index (χ3n) is 6.32. The van der Waals surface area contributed by atoms with E-state index in [1.807, 2.05) is 36.4 Å². The molecular formula is C27H39N3O6. The van der Waals surface area contributed by atoms with Crippen molar-refractivity contribution in [2.45, 2.75) is 70.6 Å². The van der Waals surface area contributed by atoms with Crippen LogP contribution >= 0.6 is 0 Å². The van der Waals surface area contributed by atoms with Crippen LogP contribution in [0.5, 0.6) is 0 Å². The number of carboxylic acid groups (broad SMARTS) is 1. The Kier molecular flexibility index (Phi) is 10.0. The van der Waals surface area contributed by atoms with Crippen molar-refractivity contribution in [2.75, 3.05) is 6.54 Å². The molecule has 0 aliphatic heterocycles. The van der Waals surface area contributed by atoms with Crippen molar-refractivity contribution in [2.24, 2.45) is 11.1 Å². The molecule has 2 aromatic carbocycles. The van der Waals surface area contributed by atoms with E-state index in [1.54, 1.807) is 45.0 Å². The fourth-order valence-corrected chi connectivity index (χ4v) is 3.94. The minimum Gasteiger partial charge on any atom is -0.465 e. The van der Waals surface area contributed by atoms with Gasteiger partial charge in [-0.15, -0.1) is 0 Å². The lowest BCUT2D eigenvalue weighted by atomic mass is 9.88. The molecule has 2 rings (SSSR count). The predicted molar refractivity (Wildman–Crippen MR) is 137 cm³/mol. The molecule has 7 N–H and O–H groups in total. The monoisotopic (exact) mass is 501 g/mol. The van der Waals surface area contributed by atoms with Gasteiger partial charge < -0.3 is 31.5 Å². The number of benzene rings is 2. The van der Waals surface area contributed by atoms with E-state index in [4.69, 9.17) is 5.73 Å². The highest BCUT2D eigenvalue weighted by Gasteiger charge is 2.43. The summed E-state index contributed by atoms with van der Waals surface area (Å²) in [6.45, 7) is 6.05. The Labute approximate surface area is 212 Å². The molecule has 0 saturated carbocycles. The lowest BCUT2D eigenvalue weighted by molar-refractivity contribution is -0.136. The Balaban J connectivity index is 2.35. The molecule has 2 aromatic rings. The highest BCUT2D eigenvalue weighted by molar-refractivity contribution is 5.81. The van der Waals surface area contributed by atoms with E-state index >= 15 is 0 Å². The van der Waals surface area contributed by atoms with Gasteiger partial charge in [0, 0.05) is 6.42 Å². The summed E-state index contributed by atoms with van der Waals surface area (Å²) in [5.74, 6) is -0.678.